The van der Waals surface area contributed by atoms with Crippen LogP contribution in [-0.2, 0) is 5.54 Å². The molecule has 2 N–H and O–H groups in total. The molecule has 0 saturated heterocycles. The summed E-state index contributed by atoms with van der Waals surface area (Å²) in [7, 11) is 0. The molecule has 1 aromatic carbocycles. The lowest BCUT2D eigenvalue weighted by atomic mass is 9.72. The van der Waals surface area contributed by atoms with Crippen LogP contribution in [0.2, 0.25) is 0 Å². The normalized spacial score (nSPS) is 19.6. The molecule has 0 amide bonds. The van der Waals surface area contributed by atoms with Gasteiger partial charge in [0.05, 0.1) is 0 Å². The maximum atomic E-state index is 13.4. The van der Waals surface area contributed by atoms with Crippen molar-refractivity contribution in [1.82, 2.24) is 0 Å². The lowest BCUT2D eigenvalue weighted by molar-refractivity contribution is 0.245. The first-order chi connectivity index (χ1) is 6.12. The van der Waals surface area contributed by atoms with Gasteiger partial charge in [-0.05, 0) is 32.3 Å². The maximum Gasteiger partial charge on any atom is 0.128 e. The molecule has 0 aromatic heterocycles. The van der Waals surface area contributed by atoms with Gasteiger partial charge in [0.15, 0.2) is 0 Å². The summed E-state index contributed by atoms with van der Waals surface area (Å²) in [5.74, 6) is -0.159. The molecule has 1 fully saturated rings. The van der Waals surface area contributed by atoms with E-state index in [0.29, 0.717) is 5.56 Å². The SMILES string of the molecule is Cc1ccc(F)c(C2(N)CCC2)c1. The molecule has 0 aliphatic heterocycles. The molecule has 0 heterocycles. The highest BCUT2D eigenvalue weighted by Gasteiger charge is 2.36. The third kappa shape index (κ3) is 1.35. The van der Waals surface area contributed by atoms with Crippen LogP contribution in [0.1, 0.15) is 30.4 Å². The molecule has 1 saturated carbocycles. The fourth-order valence-electron chi connectivity index (χ4n) is 1.85. The van der Waals surface area contributed by atoms with Gasteiger partial charge < -0.3 is 5.73 Å². The monoisotopic (exact) mass is 179 g/mol. The summed E-state index contributed by atoms with van der Waals surface area (Å²) in [4.78, 5) is 0. The van der Waals surface area contributed by atoms with Crippen molar-refractivity contribution in [1.29, 1.82) is 0 Å². The van der Waals surface area contributed by atoms with E-state index < -0.39 is 0 Å². The summed E-state index contributed by atoms with van der Waals surface area (Å²) in [6.07, 6.45) is 2.94. The highest BCUT2D eigenvalue weighted by atomic mass is 19.1. The van der Waals surface area contributed by atoms with Gasteiger partial charge in [-0.25, -0.2) is 4.39 Å². The smallest absolute Gasteiger partial charge is 0.128 e. The van der Waals surface area contributed by atoms with Crippen LogP contribution < -0.4 is 5.73 Å². The second kappa shape index (κ2) is 2.81. The molecule has 0 atom stereocenters. The van der Waals surface area contributed by atoms with Crippen LogP contribution in [0.15, 0.2) is 18.2 Å². The molecule has 1 aliphatic rings. The summed E-state index contributed by atoms with van der Waals surface area (Å²) in [5.41, 5.74) is 7.45. The number of aryl methyl sites for hydroxylation is 1. The molecule has 0 spiro atoms. The first-order valence-corrected chi connectivity index (χ1v) is 4.67. The molecule has 2 heteroatoms. The zero-order chi connectivity index (χ0) is 9.47. The average molecular weight is 179 g/mol. The number of hydrogen-bond acceptors (Lipinski definition) is 1. The van der Waals surface area contributed by atoms with E-state index in [-0.39, 0.29) is 11.4 Å². The van der Waals surface area contributed by atoms with Crippen LogP contribution in [-0.4, -0.2) is 0 Å². The van der Waals surface area contributed by atoms with Gasteiger partial charge in [-0.15, -0.1) is 0 Å². The Morgan fingerprint density at radius 2 is 2.08 bits per heavy atom. The molecule has 1 nitrogen and oxygen atoms in total. The Morgan fingerprint density at radius 1 is 1.38 bits per heavy atom. The van der Waals surface area contributed by atoms with Gasteiger partial charge in [0.25, 0.3) is 0 Å². The summed E-state index contributed by atoms with van der Waals surface area (Å²) in [6.45, 7) is 1.96. The Kier molecular flexibility index (Phi) is 1.88. The molecular formula is C11H14FN. The number of rotatable bonds is 1. The first-order valence-electron chi connectivity index (χ1n) is 4.67. The number of halogens is 1. The largest absolute Gasteiger partial charge is 0.321 e. The third-order valence-corrected chi connectivity index (χ3v) is 2.90. The topological polar surface area (TPSA) is 26.0 Å². The van der Waals surface area contributed by atoms with Gasteiger partial charge >= 0.3 is 0 Å². The van der Waals surface area contributed by atoms with Crippen molar-refractivity contribution in [2.24, 2.45) is 5.73 Å². The van der Waals surface area contributed by atoms with Crippen molar-refractivity contribution in [2.45, 2.75) is 31.7 Å². The minimum absolute atomic E-state index is 0.159. The van der Waals surface area contributed by atoms with E-state index in [1.54, 1.807) is 6.07 Å². The van der Waals surface area contributed by atoms with Gasteiger partial charge in [0, 0.05) is 11.1 Å². The molecular weight excluding hydrogens is 165 g/mol. The molecule has 0 radical (unpaired) electrons. The molecule has 1 aromatic rings. The Hall–Kier alpha value is -0.890. The van der Waals surface area contributed by atoms with Gasteiger partial charge in [0.2, 0.25) is 0 Å². The molecule has 2 rings (SSSR count). The summed E-state index contributed by atoms with van der Waals surface area (Å²) in [6, 6.07) is 5.16. The van der Waals surface area contributed by atoms with Gasteiger partial charge in [-0.2, -0.15) is 0 Å². The van der Waals surface area contributed by atoms with Crippen LogP contribution in [0.5, 0.6) is 0 Å². The van der Waals surface area contributed by atoms with Crippen LogP contribution in [0.25, 0.3) is 0 Å². The van der Waals surface area contributed by atoms with E-state index in [9.17, 15) is 4.39 Å². The molecule has 1 aliphatic carbocycles. The zero-order valence-electron chi connectivity index (χ0n) is 7.81. The Labute approximate surface area is 77.8 Å². The second-order valence-corrected chi connectivity index (χ2v) is 3.99. The Morgan fingerprint density at radius 3 is 2.62 bits per heavy atom. The van der Waals surface area contributed by atoms with Gasteiger partial charge in [-0.3, -0.25) is 0 Å². The van der Waals surface area contributed by atoms with E-state index >= 15 is 0 Å². The highest BCUT2D eigenvalue weighted by Crippen LogP contribution is 2.39. The van der Waals surface area contributed by atoms with Crippen molar-refractivity contribution in [3.63, 3.8) is 0 Å². The van der Waals surface area contributed by atoms with Gasteiger partial charge in [-0.1, -0.05) is 17.7 Å². The van der Waals surface area contributed by atoms with E-state index in [1.165, 1.54) is 6.07 Å². The summed E-state index contributed by atoms with van der Waals surface area (Å²) >= 11 is 0. The minimum Gasteiger partial charge on any atom is -0.321 e. The Bertz CT molecular complexity index is 329. The summed E-state index contributed by atoms with van der Waals surface area (Å²) in [5, 5.41) is 0. The highest BCUT2D eigenvalue weighted by molar-refractivity contribution is 5.31. The number of nitrogens with two attached hydrogens (primary N) is 1. The first kappa shape index (κ1) is 8.70. The van der Waals surface area contributed by atoms with E-state index in [4.69, 9.17) is 5.73 Å². The standard InChI is InChI=1S/C11H14FN/c1-8-3-4-10(12)9(7-8)11(13)5-2-6-11/h3-4,7H,2,5-6,13H2,1H3. The van der Waals surface area contributed by atoms with Crippen molar-refractivity contribution in [3.8, 4) is 0 Å². The van der Waals surface area contributed by atoms with E-state index in [1.807, 2.05) is 13.0 Å². The van der Waals surface area contributed by atoms with Crippen molar-refractivity contribution in [2.75, 3.05) is 0 Å². The van der Waals surface area contributed by atoms with E-state index in [2.05, 4.69) is 0 Å². The summed E-state index contributed by atoms with van der Waals surface area (Å²) < 4.78 is 13.4. The van der Waals surface area contributed by atoms with Crippen LogP contribution in [0.4, 0.5) is 4.39 Å². The predicted molar refractivity (Wildman–Crippen MR) is 50.9 cm³/mol. The lowest BCUT2D eigenvalue weighted by Crippen LogP contribution is -2.44. The molecule has 0 unspecified atom stereocenters. The fraction of sp³-hybridized carbons (Fsp3) is 0.455. The molecule has 13 heavy (non-hydrogen) atoms. The number of benzene rings is 1. The number of hydrogen-bond donors (Lipinski definition) is 1. The molecule has 0 bridgehead atoms. The second-order valence-electron chi connectivity index (χ2n) is 3.99. The zero-order valence-corrected chi connectivity index (χ0v) is 7.81. The lowest BCUT2D eigenvalue weighted by Gasteiger charge is -2.38. The maximum absolute atomic E-state index is 13.4. The van der Waals surface area contributed by atoms with Gasteiger partial charge in [0.1, 0.15) is 5.82 Å². The third-order valence-electron chi connectivity index (χ3n) is 2.90. The average Bonchev–Trinajstić information content (AvgIpc) is 2.05. The van der Waals surface area contributed by atoms with Crippen molar-refractivity contribution in [3.05, 3.63) is 35.1 Å². The Balaban J connectivity index is 2.43. The molecule has 70 valence electrons. The van der Waals surface area contributed by atoms with Crippen LogP contribution in [0.3, 0.4) is 0 Å². The predicted octanol–water partition coefficient (Wildman–Crippen LogP) is 2.47. The van der Waals surface area contributed by atoms with Crippen LogP contribution in [0, 0.1) is 12.7 Å². The van der Waals surface area contributed by atoms with Crippen LogP contribution >= 0.6 is 0 Å². The van der Waals surface area contributed by atoms with Crippen molar-refractivity contribution < 1.29 is 4.39 Å². The fourth-order valence-corrected chi connectivity index (χ4v) is 1.85. The van der Waals surface area contributed by atoms with Crippen molar-refractivity contribution >= 4 is 0 Å². The quantitative estimate of drug-likeness (QED) is 0.704. The minimum atomic E-state index is -0.379. The van der Waals surface area contributed by atoms with E-state index in [0.717, 1.165) is 24.8 Å².